The van der Waals surface area contributed by atoms with E-state index in [-0.39, 0.29) is 184 Å². The molecule has 0 bridgehead atoms. The van der Waals surface area contributed by atoms with Crippen LogP contribution in [0.25, 0.3) is 0 Å². The van der Waals surface area contributed by atoms with E-state index in [4.69, 9.17) is 18.9 Å². The summed E-state index contributed by atoms with van der Waals surface area (Å²) in [6.45, 7) is -7.54. The SMILES string of the molecule is O=C([O-])CN1CCN(CC(=O)[O-])CCN(CC(O)CN(CCN(CC(O)CN2CCN(CC(=O)[O-])CCN(CC(=O)[O-])CCN(CC(=O)[O-])CC2)CC(COC(CO)CO)COC(CO)CO)CC(COC(CO)CO)COC(CO)CO)CCN(CC(=O)[O-])CC1. The van der Waals surface area contributed by atoms with Crippen molar-refractivity contribution in [3.63, 3.8) is 0 Å². The number of aliphatic hydroxyl groups is 10. The summed E-state index contributed by atoms with van der Waals surface area (Å²) in [5, 5.41) is 175. The van der Waals surface area contributed by atoms with Gasteiger partial charge in [0, 0.05) is 208 Å². The van der Waals surface area contributed by atoms with Gasteiger partial charge in [-0.25, -0.2) is 0 Å². The van der Waals surface area contributed by atoms with Crippen molar-refractivity contribution in [2.24, 2.45) is 11.8 Å². The Kier molecular flexibility index (Phi) is 45.1. The molecule has 0 radical (unpaired) electrons. The molecule has 2 aliphatic rings. The lowest BCUT2D eigenvalue weighted by Crippen LogP contribution is -2.53. The normalized spacial score (nSPS) is 18.1. The van der Waals surface area contributed by atoms with Crippen LogP contribution in [0.1, 0.15) is 0 Å². The van der Waals surface area contributed by atoms with Crippen LogP contribution in [-0.4, -0.2) is 448 Å². The fourth-order valence-corrected chi connectivity index (χ4v) is 10.4. The van der Waals surface area contributed by atoms with Gasteiger partial charge in [-0.05, 0) is 0 Å². The van der Waals surface area contributed by atoms with Crippen molar-refractivity contribution >= 4 is 35.8 Å². The van der Waals surface area contributed by atoms with Crippen molar-refractivity contribution in [3.8, 4) is 0 Å². The van der Waals surface area contributed by atoms with E-state index in [0.29, 0.717) is 0 Å². The Morgan fingerprint density at radius 1 is 0.304 bits per heavy atom. The van der Waals surface area contributed by atoms with E-state index >= 15 is 0 Å². The van der Waals surface area contributed by atoms with Crippen LogP contribution < -0.4 is 30.6 Å². The average Bonchev–Trinajstić information content (AvgIpc) is 1.66. The summed E-state index contributed by atoms with van der Waals surface area (Å²) in [7, 11) is 0. The first-order valence-corrected chi connectivity index (χ1v) is 31.0. The largest absolute Gasteiger partial charge is 0.549 e. The summed E-state index contributed by atoms with van der Waals surface area (Å²) in [5.74, 6) is -9.77. The van der Waals surface area contributed by atoms with E-state index in [9.17, 15) is 110 Å². The van der Waals surface area contributed by atoms with Crippen LogP contribution >= 0.6 is 0 Å². The second-order valence-electron chi connectivity index (χ2n) is 23.3. The number of carboxylic acids is 6. The molecule has 2 fully saturated rings. The molecule has 10 N–H and O–H groups in total. The minimum Gasteiger partial charge on any atom is -0.549 e. The topological polar surface area (TPSA) is 512 Å². The summed E-state index contributed by atoms with van der Waals surface area (Å²) >= 11 is 0. The van der Waals surface area contributed by atoms with Crippen molar-refractivity contribution in [1.82, 2.24) is 49.0 Å². The minimum atomic E-state index is -1.40. The Labute approximate surface area is 537 Å². The lowest BCUT2D eigenvalue weighted by atomic mass is 10.1. The maximum atomic E-state index is 12.2. The highest BCUT2D eigenvalue weighted by molar-refractivity contribution is 5.68. The number of nitrogens with zero attached hydrogens (tertiary/aromatic N) is 10. The Morgan fingerprint density at radius 3 is 0.641 bits per heavy atom. The molecule has 2 saturated heterocycles. The number of aliphatic carboxylic acids is 6. The number of β-amino-alcohol motifs (C(OH)–C–C–N with tert-alkyl or cyclic N) is 2. The highest BCUT2D eigenvalue weighted by Gasteiger charge is 2.28. The van der Waals surface area contributed by atoms with Gasteiger partial charge in [0.15, 0.2) is 0 Å². The van der Waals surface area contributed by atoms with Crippen molar-refractivity contribution in [2.75, 3.05) is 276 Å². The van der Waals surface area contributed by atoms with Gasteiger partial charge in [-0.2, -0.15) is 0 Å². The van der Waals surface area contributed by atoms with E-state index in [2.05, 4.69) is 0 Å². The standard InChI is InChI=1S/C56H108N10O26/c67-31-47(32-68)89-39-43(40-90-48(33-69)34-70)19-65(23-45(75)21-57-1-5-59(25-51(77)78)9-13-63(29-55(85)86)14-10-60(6-2-57)26-52(79)80)17-18-66(20-44(41-91-49(35-71)36-72)42-92-50(37-73)38-74)24-46(76)22-58-3-7-61(27-53(81)82)11-15-64(30-56(87)88)16-12-62(8-4-58)28-54(83)84/h43-50,67-76H,1-42H2,(H,77,78)(H,79,80)(H,81,82)(H,83,84)(H,85,86)(H,87,88)/p-6. The fourth-order valence-electron chi connectivity index (χ4n) is 10.4. The quantitative estimate of drug-likeness (QED) is 0.0270. The third kappa shape index (κ3) is 39.7. The zero-order chi connectivity index (χ0) is 68.4. The van der Waals surface area contributed by atoms with Crippen LogP contribution in [0, 0.1) is 11.8 Å². The molecular weight excluding hydrogens is 1230 g/mol. The molecule has 0 amide bonds. The number of carbonyl (C=O) groups excluding carboxylic acids is 6. The number of carboxylic acid groups (broad SMARTS) is 6. The maximum Gasteiger partial charge on any atom is 0.104 e. The van der Waals surface area contributed by atoms with E-state index in [0.717, 1.165) is 0 Å². The first kappa shape index (κ1) is 83.9. The Balaban J connectivity index is 2.76. The van der Waals surface area contributed by atoms with Crippen molar-refractivity contribution < 1.29 is 129 Å². The molecule has 36 nitrogen and oxygen atoms in total. The van der Waals surface area contributed by atoms with Gasteiger partial charge in [-0.3, -0.25) is 49.0 Å². The van der Waals surface area contributed by atoms with Crippen LogP contribution in [0.2, 0.25) is 0 Å². The van der Waals surface area contributed by atoms with E-state index in [1.54, 1.807) is 19.6 Å². The zero-order valence-corrected chi connectivity index (χ0v) is 52.8. The van der Waals surface area contributed by atoms with Gasteiger partial charge in [-0.1, -0.05) is 0 Å². The van der Waals surface area contributed by atoms with Crippen LogP contribution in [0.5, 0.6) is 0 Å². The van der Waals surface area contributed by atoms with E-state index < -0.39 is 176 Å². The second kappa shape index (κ2) is 49.4. The molecule has 538 valence electrons. The summed E-state index contributed by atoms with van der Waals surface area (Å²) in [4.78, 5) is 87.3. The Bertz CT molecular complexity index is 1780. The highest BCUT2D eigenvalue weighted by Crippen LogP contribution is 2.14. The van der Waals surface area contributed by atoms with Crippen LogP contribution in [0.15, 0.2) is 0 Å². The van der Waals surface area contributed by atoms with Crippen molar-refractivity contribution in [3.05, 3.63) is 0 Å². The van der Waals surface area contributed by atoms with Gasteiger partial charge >= 0.3 is 0 Å². The summed E-state index contributed by atoms with van der Waals surface area (Å²) in [6, 6.07) is 0. The number of hydrogen-bond donors (Lipinski definition) is 10. The molecule has 0 aromatic heterocycles. The summed E-state index contributed by atoms with van der Waals surface area (Å²) in [5.41, 5.74) is 0. The molecule has 2 heterocycles. The van der Waals surface area contributed by atoms with Crippen molar-refractivity contribution in [2.45, 2.75) is 36.6 Å². The Hall–Kier alpha value is -4.14. The monoisotopic (exact) mass is 1330 g/mol. The predicted octanol–water partition coefficient (Wildman–Crippen LogP) is -18.0. The highest BCUT2D eigenvalue weighted by atomic mass is 16.5. The van der Waals surface area contributed by atoms with Gasteiger partial charge in [0.2, 0.25) is 0 Å². The lowest BCUT2D eigenvalue weighted by molar-refractivity contribution is -0.308. The van der Waals surface area contributed by atoms with Crippen molar-refractivity contribution in [1.29, 1.82) is 0 Å². The average molecular weight is 1330 g/mol. The molecule has 2 aliphatic heterocycles. The number of rotatable bonds is 47. The molecule has 0 saturated carbocycles. The fraction of sp³-hybridized carbons (Fsp3) is 0.893. The summed E-state index contributed by atoms with van der Waals surface area (Å²) in [6.07, 6.45) is -6.66. The van der Waals surface area contributed by atoms with E-state index in [1.807, 2.05) is 0 Å². The number of aliphatic hydroxyl groups excluding tert-OH is 10. The molecule has 2 unspecified atom stereocenters. The smallest absolute Gasteiger partial charge is 0.104 e. The van der Waals surface area contributed by atoms with Gasteiger partial charge < -0.3 is 129 Å². The molecule has 0 spiro atoms. The molecule has 0 aromatic carbocycles. The van der Waals surface area contributed by atoms with Crippen LogP contribution in [0.3, 0.4) is 0 Å². The van der Waals surface area contributed by atoms with E-state index in [1.165, 1.54) is 29.4 Å². The molecule has 36 heteroatoms. The molecule has 92 heavy (non-hydrogen) atoms. The summed E-state index contributed by atoms with van der Waals surface area (Å²) < 4.78 is 23.4. The second-order valence-corrected chi connectivity index (χ2v) is 23.3. The number of carbonyl (C=O) groups is 6. The first-order chi connectivity index (χ1) is 43.9. The van der Waals surface area contributed by atoms with Gasteiger partial charge in [0.1, 0.15) is 24.4 Å². The Morgan fingerprint density at radius 2 is 0.478 bits per heavy atom. The number of hydrogen-bond acceptors (Lipinski definition) is 36. The maximum absolute atomic E-state index is 12.2. The third-order valence-corrected chi connectivity index (χ3v) is 15.5. The zero-order valence-electron chi connectivity index (χ0n) is 52.8. The third-order valence-electron chi connectivity index (χ3n) is 15.5. The number of ether oxygens (including phenoxy) is 4. The van der Waals surface area contributed by atoms with Gasteiger partial charge in [0.05, 0.1) is 127 Å². The molecule has 0 aliphatic carbocycles. The molecule has 2 rings (SSSR count). The van der Waals surface area contributed by atoms with Crippen LogP contribution in [-0.2, 0) is 47.7 Å². The molecule has 0 aromatic rings. The van der Waals surface area contributed by atoms with Gasteiger partial charge in [0.25, 0.3) is 0 Å². The lowest BCUT2D eigenvalue weighted by Gasteiger charge is -2.37. The molecule has 2 atom stereocenters. The molecular formula is C56H102N10O26-6. The van der Waals surface area contributed by atoms with Crippen LogP contribution in [0.4, 0.5) is 0 Å². The minimum absolute atomic E-state index is 0.00419. The predicted molar refractivity (Wildman–Crippen MR) is 309 cm³/mol. The first-order valence-electron chi connectivity index (χ1n) is 31.0. The van der Waals surface area contributed by atoms with Gasteiger partial charge in [-0.15, -0.1) is 0 Å².